The third kappa shape index (κ3) is 3.42. The number of carboxylic acids is 1. The highest BCUT2D eigenvalue weighted by molar-refractivity contribution is 5.94. The van der Waals surface area contributed by atoms with Crippen molar-refractivity contribution in [2.75, 3.05) is 19.6 Å². The van der Waals surface area contributed by atoms with Gasteiger partial charge in [-0.05, 0) is 37.8 Å². The molecular formula is C18H22N2O4. The number of benzene rings is 1. The van der Waals surface area contributed by atoms with Gasteiger partial charge in [-0.2, -0.15) is 0 Å². The quantitative estimate of drug-likeness (QED) is 0.857. The SMILES string of the molecule is O=C(NCC1(C(=O)O)CC1)C1CCCN(C(=O)c2ccccc2)C1. The summed E-state index contributed by atoms with van der Waals surface area (Å²) >= 11 is 0. The summed E-state index contributed by atoms with van der Waals surface area (Å²) in [5, 5.41) is 11.9. The fourth-order valence-electron chi connectivity index (χ4n) is 3.16. The van der Waals surface area contributed by atoms with Gasteiger partial charge in [0.2, 0.25) is 5.91 Å². The molecule has 1 heterocycles. The van der Waals surface area contributed by atoms with E-state index in [1.807, 2.05) is 18.2 Å². The van der Waals surface area contributed by atoms with Crippen molar-refractivity contribution >= 4 is 17.8 Å². The average molecular weight is 330 g/mol. The van der Waals surface area contributed by atoms with Crippen molar-refractivity contribution in [2.24, 2.45) is 11.3 Å². The number of rotatable bonds is 5. The number of hydrogen-bond acceptors (Lipinski definition) is 3. The predicted octanol–water partition coefficient (Wildman–Crippen LogP) is 1.52. The minimum atomic E-state index is -0.840. The van der Waals surface area contributed by atoms with Gasteiger partial charge in [0.25, 0.3) is 5.91 Å². The maximum absolute atomic E-state index is 12.5. The van der Waals surface area contributed by atoms with Gasteiger partial charge in [-0.3, -0.25) is 14.4 Å². The van der Waals surface area contributed by atoms with Crippen LogP contribution in [-0.4, -0.2) is 47.4 Å². The van der Waals surface area contributed by atoms with E-state index in [2.05, 4.69) is 5.32 Å². The third-order valence-corrected chi connectivity index (χ3v) is 5.01. The van der Waals surface area contributed by atoms with E-state index in [-0.39, 0.29) is 24.3 Å². The summed E-state index contributed by atoms with van der Waals surface area (Å²) in [6, 6.07) is 9.05. The molecule has 1 saturated carbocycles. The Balaban J connectivity index is 1.56. The Morgan fingerprint density at radius 1 is 1.21 bits per heavy atom. The van der Waals surface area contributed by atoms with Crippen molar-refractivity contribution in [1.29, 1.82) is 0 Å². The smallest absolute Gasteiger partial charge is 0.311 e. The van der Waals surface area contributed by atoms with Crippen molar-refractivity contribution < 1.29 is 19.5 Å². The predicted molar refractivity (Wildman–Crippen MR) is 87.4 cm³/mol. The van der Waals surface area contributed by atoms with Gasteiger partial charge in [-0.1, -0.05) is 18.2 Å². The first-order chi connectivity index (χ1) is 11.5. The van der Waals surface area contributed by atoms with Gasteiger partial charge in [-0.15, -0.1) is 0 Å². The Bertz CT molecular complexity index is 640. The van der Waals surface area contributed by atoms with Crippen LogP contribution in [0.3, 0.4) is 0 Å². The molecule has 0 radical (unpaired) electrons. The zero-order valence-corrected chi connectivity index (χ0v) is 13.5. The van der Waals surface area contributed by atoms with E-state index >= 15 is 0 Å². The molecule has 2 fully saturated rings. The van der Waals surface area contributed by atoms with E-state index in [1.54, 1.807) is 17.0 Å². The number of carbonyl (C=O) groups is 3. The van der Waals surface area contributed by atoms with Crippen molar-refractivity contribution in [3.8, 4) is 0 Å². The summed E-state index contributed by atoms with van der Waals surface area (Å²) in [6.45, 7) is 1.22. The molecule has 1 unspecified atom stereocenters. The maximum atomic E-state index is 12.5. The number of amides is 2. The highest BCUT2D eigenvalue weighted by Gasteiger charge is 2.50. The van der Waals surface area contributed by atoms with Crippen LogP contribution in [0.25, 0.3) is 0 Å². The van der Waals surface area contributed by atoms with Gasteiger partial charge in [0.15, 0.2) is 0 Å². The standard InChI is InChI=1S/C18H22N2O4/c21-15(19-12-18(8-9-18)17(23)24)14-7-4-10-20(11-14)16(22)13-5-2-1-3-6-13/h1-3,5-6,14H,4,7-12H2,(H,19,21)(H,23,24). The maximum Gasteiger partial charge on any atom is 0.311 e. The highest BCUT2D eigenvalue weighted by Crippen LogP contribution is 2.45. The van der Waals surface area contributed by atoms with Crippen molar-refractivity contribution in [2.45, 2.75) is 25.7 Å². The molecule has 1 atom stereocenters. The van der Waals surface area contributed by atoms with Gasteiger partial charge in [0, 0.05) is 25.2 Å². The molecule has 1 aromatic carbocycles. The lowest BCUT2D eigenvalue weighted by atomic mass is 9.96. The minimum Gasteiger partial charge on any atom is -0.481 e. The Morgan fingerprint density at radius 3 is 2.54 bits per heavy atom. The molecule has 1 saturated heterocycles. The number of piperidine rings is 1. The van der Waals surface area contributed by atoms with Crippen molar-refractivity contribution in [3.63, 3.8) is 0 Å². The molecule has 2 aliphatic rings. The van der Waals surface area contributed by atoms with Gasteiger partial charge in [0.05, 0.1) is 11.3 Å². The molecule has 2 amide bonds. The number of nitrogens with zero attached hydrogens (tertiary/aromatic N) is 1. The molecule has 6 heteroatoms. The number of likely N-dealkylation sites (tertiary alicyclic amines) is 1. The fraction of sp³-hybridized carbons (Fsp3) is 0.500. The number of nitrogens with one attached hydrogen (secondary N) is 1. The Labute approximate surface area is 140 Å². The van der Waals surface area contributed by atoms with Crippen LogP contribution in [0.15, 0.2) is 30.3 Å². The second-order valence-electron chi connectivity index (χ2n) is 6.76. The largest absolute Gasteiger partial charge is 0.481 e. The Morgan fingerprint density at radius 2 is 1.92 bits per heavy atom. The zero-order chi connectivity index (χ0) is 17.2. The van der Waals surface area contributed by atoms with Crippen LogP contribution >= 0.6 is 0 Å². The van der Waals surface area contributed by atoms with Crippen LogP contribution in [0, 0.1) is 11.3 Å². The molecule has 0 spiro atoms. The third-order valence-electron chi connectivity index (χ3n) is 5.01. The number of carboxylic acid groups (broad SMARTS) is 1. The monoisotopic (exact) mass is 330 g/mol. The van der Waals surface area contributed by atoms with Gasteiger partial charge in [-0.25, -0.2) is 0 Å². The molecule has 1 aliphatic carbocycles. The molecule has 0 bridgehead atoms. The lowest BCUT2D eigenvalue weighted by Crippen LogP contribution is -2.46. The average Bonchev–Trinajstić information content (AvgIpc) is 3.41. The van der Waals surface area contributed by atoms with Crippen LogP contribution < -0.4 is 5.32 Å². The molecule has 1 aromatic rings. The molecule has 2 N–H and O–H groups in total. The Hall–Kier alpha value is -2.37. The molecule has 3 rings (SSSR count). The number of carbonyl (C=O) groups excluding carboxylic acids is 2. The first-order valence-corrected chi connectivity index (χ1v) is 8.37. The number of aliphatic carboxylic acids is 1. The lowest BCUT2D eigenvalue weighted by Gasteiger charge is -2.32. The second-order valence-corrected chi connectivity index (χ2v) is 6.76. The van der Waals surface area contributed by atoms with Crippen molar-refractivity contribution in [3.05, 3.63) is 35.9 Å². The zero-order valence-electron chi connectivity index (χ0n) is 13.5. The van der Waals surface area contributed by atoms with E-state index in [0.717, 1.165) is 12.8 Å². The van der Waals surface area contributed by atoms with E-state index in [0.29, 0.717) is 31.5 Å². The molecule has 24 heavy (non-hydrogen) atoms. The van der Waals surface area contributed by atoms with Crippen LogP contribution in [0.1, 0.15) is 36.0 Å². The topological polar surface area (TPSA) is 86.7 Å². The Kier molecular flexibility index (Phi) is 4.55. The summed E-state index contributed by atoms with van der Waals surface area (Å²) in [6.07, 6.45) is 2.74. The van der Waals surface area contributed by atoms with E-state index in [4.69, 9.17) is 5.11 Å². The second kappa shape index (κ2) is 6.63. The summed E-state index contributed by atoms with van der Waals surface area (Å²) in [5.41, 5.74) is -0.134. The van der Waals surface area contributed by atoms with Crippen LogP contribution in [-0.2, 0) is 9.59 Å². The van der Waals surface area contributed by atoms with Crippen LogP contribution in [0.2, 0.25) is 0 Å². The van der Waals surface area contributed by atoms with Gasteiger partial charge < -0.3 is 15.3 Å². The summed E-state index contributed by atoms with van der Waals surface area (Å²) < 4.78 is 0. The number of hydrogen-bond donors (Lipinski definition) is 2. The fourth-order valence-corrected chi connectivity index (χ4v) is 3.16. The first kappa shape index (κ1) is 16.5. The molecule has 128 valence electrons. The molecule has 1 aliphatic heterocycles. The normalized spacial score (nSPS) is 21.8. The van der Waals surface area contributed by atoms with E-state index in [9.17, 15) is 14.4 Å². The lowest BCUT2D eigenvalue weighted by molar-refractivity contribution is -0.143. The van der Waals surface area contributed by atoms with Crippen molar-refractivity contribution in [1.82, 2.24) is 10.2 Å². The minimum absolute atomic E-state index is 0.0581. The van der Waals surface area contributed by atoms with Crippen LogP contribution in [0.5, 0.6) is 0 Å². The molecule has 0 aromatic heterocycles. The van der Waals surface area contributed by atoms with E-state index in [1.165, 1.54) is 0 Å². The van der Waals surface area contributed by atoms with Crippen LogP contribution in [0.4, 0.5) is 0 Å². The first-order valence-electron chi connectivity index (χ1n) is 8.37. The van der Waals surface area contributed by atoms with E-state index < -0.39 is 11.4 Å². The summed E-state index contributed by atoms with van der Waals surface area (Å²) in [5.74, 6) is -1.31. The molecule has 6 nitrogen and oxygen atoms in total. The highest BCUT2D eigenvalue weighted by atomic mass is 16.4. The van der Waals surface area contributed by atoms with Gasteiger partial charge in [0.1, 0.15) is 0 Å². The summed E-state index contributed by atoms with van der Waals surface area (Å²) in [4.78, 5) is 37.7. The molecular weight excluding hydrogens is 308 g/mol. The summed E-state index contributed by atoms with van der Waals surface area (Å²) in [7, 11) is 0. The van der Waals surface area contributed by atoms with Gasteiger partial charge >= 0.3 is 5.97 Å².